The van der Waals surface area contributed by atoms with Crippen LogP contribution in [-0.2, 0) is 4.79 Å². The lowest BCUT2D eigenvalue weighted by molar-refractivity contribution is -0.113. The number of carbonyl (C=O) groups excluding carboxylic acids is 1. The van der Waals surface area contributed by atoms with Gasteiger partial charge in [0.25, 0.3) is 5.56 Å². The fourth-order valence-electron chi connectivity index (χ4n) is 3.98. The molecule has 0 saturated heterocycles. The van der Waals surface area contributed by atoms with E-state index in [1.54, 1.807) is 50.6 Å². The van der Waals surface area contributed by atoms with Crippen molar-refractivity contribution in [3.8, 4) is 22.6 Å². The van der Waals surface area contributed by atoms with Gasteiger partial charge in [-0.15, -0.1) is 0 Å². The van der Waals surface area contributed by atoms with Gasteiger partial charge < -0.3 is 15.0 Å². The molecule has 0 fully saturated rings. The molecule has 9 heteroatoms. The van der Waals surface area contributed by atoms with E-state index in [4.69, 9.17) is 9.72 Å². The second-order valence-electron chi connectivity index (χ2n) is 8.32. The first-order valence-electron chi connectivity index (χ1n) is 11.5. The number of aromatic nitrogens is 3. The Morgan fingerprint density at radius 2 is 1.86 bits per heavy atom. The number of aromatic amines is 1. The van der Waals surface area contributed by atoms with E-state index < -0.39 is 5.82 Å². The van der Waals surface area contributed by atoms with Gasteiger partial charge in [0.1, 0.15) is 22.6 Å². The number of carbonyl (C=O) groups is 1. The van der Waals surface area contributed by atoms with E-state index in [9.17, 15) is 14.0 Å². The summed E-state index contributed by atoms with van der Waals surface area (Å²) < 4.78 is 20.4. The molecule has 2 heterocycles. The van der Waals surface area contributed by atoms with Crippen LogP contribution in [0.2, 0.25) is 0 Å². The molecule has 186 valence electrons. The number of fused-ring (bicyclic) bond motifs is 1. The van der Waals surface area contributed by atoms with Crippen molar-refractivity contribution in [1.82, 2.24) is 14.5 Å². The molecule has 5 aromatic rings. The van der Waals surface area contributed by atoms with Crippen molar-refractivity contribution in [3.05, 3.63) is 101 Å². The first kappa shape index (κ1) is 24.3. The number of H-pyrrole nitrogens is 1. The van der Waals surface area contributed by atoms with E-state index in [-0.39, 0.29) is 17.2 Å². The molecular weight excluding hydrogens is 491 g/mol. The number of thioether (sulfide) groups is 1. The topological polar surface area (TPSA) is 89.0 Å². The number of benzene rings is 3. The number of nitrogens with zero attached hydrogens (tertiary/aromatic N) is 2. The maximum absolute atomic E-state index is 13.7. The van der Waals surface area contributed by atoms with Gasteiger partial charge in [-0.3, -0.25) is 14.2 Å². The van der Waals surface area contributed by atoms with Crippen molar-refractivity contribution in [1.29, 1.82) is 0 Å². The van der Waals surface area contributed by atoms with Gasteiger partial charge in [-0.2, -0.15) is 0 Å². The molecule has 0 aliphatic heterocycles. The Kier molecular flexibility index (Phi) is 6.78. The number of ether oxygens (including phenoxy) is 1. The number of methoxy groups -OCH3 is 1. The third-order valence-electron chi connectivity index (χ3n) is 5.89. The SMILES string of the molecule is COc1ccc(-n2c(SCC(=O)Nc3cc(F)ccc3C)nc3c(-c4ccccc4)c[nH]c3c2=O)cc1. The second-order valence-corrected chi connectivity index (χ2v) is 9.26. The minimum atomic E-state index is -0.435. The molecule has 0 spiro atoms. The maximum atomic E-state index is 13.7. The molecule has 2 N–H and O–H groups in total. The van der Waals surface area contributed by atoms with Gasteiger partial charge in [-0.1, -0.05) is 48.2 Å². The first-order chi connectivity index (χ1) is 17.9. The molecule has 0 radical (unpaired) electrons. The average molecular weight is 515 g/mol. The van der Waals surface area contributed by atoms with E-state index in [0.717, 1.165) is 28.5 Å². The summed E-state index contributed by atoms with van der Waals surface area (Å²) in [5.41, 5.74) is 4.02. The second kappa shape index (κ2) is 10.3. The molecule has 0 saturated carbocycles. The fourth-order valence-corrected chi connectivity index (χ4v) is 4.78. The Labute approximate surface area is 216 Å². The Hall–Kier alpha value is -4.37. The largest absolute Gasteiger partial charge is 0.497 e. The van der Waals surface area contributed by atoms with Gasteiger partial charge in [0.15, 0.2) is 5.16 Å². The highest BCUT2D eigenvalue weighted by Gasteiger charge is 2.19. The summed E-state index contributed by atoms with van der Waals surface area (Å²) in [5, 5.41) is 3.09. The zero-order chi connectivity index (χ0) is 25.9. The standard InChI is InChI=1S/C28H23FN4O3S/c1-17-8-9-19(29)14-23(17)31-24(34)16-37-28-32-25-22(18-6-4-3-5-7-18)15-30-26(25)27(35)33(28)20-10-12-21(36-2)13-11-20/h3-15,30H,16H2,1-2H3,(H,31,34). The molecular formula is C28H23FN4O3S. The van der Waals surface area contributed by atoms with Crippen LogP contribution in [0.25, 0.3) is 27.8 Å². The third-order valence-corrected chi connectivity index (χ3v) is 6.83. The monoisotopic (exact) mass is 514 g/mol. The van der Waals surface area contributed by atoms with Gasteiger partial charge in [0.05, 0.1) is 18.6 Å². The molecule has 0 aliphatic carbocycles. The summed E-state index contributed by atoms with van der Waals surface area (Å²) in [7, 11) is 1.57. The van der Waals surface area contributed by atoms with Crippen LogP contribution in [0.4, 0.5) is 10.1 Å². The Bertz CT molecular complexity index is 1650. The molecule has 0 atom stereocenters. The Morgan fingerprint density at radius 3 is 2.59 bits per heavy atom. The number of hydrogen-bond acceptors (Lipinski definition) is 5. The molecule has 2 aromatic heterocycles. The summed E-state index contributed by atoms with van der Waals surface area (Å²) in [6, 6.07) is 20.9. The molecule has 1 amide bonds. The van der Waals surface area contributed by atoms with Crippen LogP contribution in [0.5, 0.6) is 5.75 Å². The van der Waals surface area contributed by atoms with Gasteiger partial charge in [0.2, 0.25) is 5.91 Å². The summed E-state index contributed by atoms with van der Waals surface area (Å²) in [6.07, 6.45) is 1.76. The lowest BCUT2D eigenvalue weighted by Crippen LogP contribution is -2.23. The smallest absolute Gasteiger partial charge is 0.283 e. The zero-order valence-electron chi connectivity index (χ0n) is 20.1. The highest BCUT2D eigenvalue weighted by atomic mass is 32.2. The van der Waals surface area contributed by atoms with Crippen molar-refractivity contribution in [3.63, 3.8) is 0 Å². The highest BCUT2D eigenvalue weighted by Crippen LogP contribution is 2.29. The number of hydrogen-bond donors (Lipinski definition) is 2. The maximum Gasteiger partial charge on any atom is 0.283 e. The van der Waals surface area contributed by atoms with Crippen LogP contribution < -0.4 is 15.6 Å². The highest BCUT2D eigenvalue weighted by molar-refractivity contribution is 7.99. The summed E-state index contributed by atoms with van der Waals surface area (Å²) in [6.45, 7) is 1.79. The van der Waals surface area contributed by atoms with Crippen LogP contribution in [0.3, 0.4) is 0 Å². The van der Waals surface area contributed by atoms with E-state index in [1.165, 1.54) is 16.7 Å². The number of rotatable bonds is 7. The van der Waals surface area contributed by atoms with E-state index in [1.807, 2.05) is 30.3 Å². The first-order valence-corrected chi connectivity index (χ1v) is 12.5. The third kappa shape index (κ3) is 4.99. The normalized spacial score (nSPS) is 11.0. The van der Waals surface area contributed by atoms with Crippen molar-refractivity contribution in [2.24, 2.45) is 0 Å². The predicted molar refractivity (Wildman–Crippen MR) is 144 cm³/mol. The van der Waals surface area contributed by atoms with Gasteiger partial charge in [-0.25, -0.2) is 9.37 Å². The van der Waals surface area contributed by atoms with Crippen LogP contribution in [0, 0.1) is 12.7 Å². The molecule has 3 aromatic carbocycles. The molecule has 0 unspecified atom stereocenters. The molecule has 37 heavy (non-hydrogen) atoms. The summed E-state index contributed by atoms with van der Waals surface area (Å²) >= 11 is 1.13. The minimum Gasteiger partial charge on any atom is -0.497 e. The van der Waals surface area contributed by atoms with Crippen LogP contribution >= 0.6 is 11.8 Å². The lowest BCUT2D eigenvalue weighted by atomic mass is 10.1. The van der Waals surface area contributed by atoms with Gasteiger partial charge >= 0.3 is 0 Å². The molecule has 0 bridgehead atoms. The van der Waals surface area contributed by atoms with Crippen molar-refractivity contribution in [2.45, 2.75) is 12.1 Å². The number of halogens is 1. The van der Waals surface area contributed by atoms with Crippen molar-refractivity contribution >= 4 is 34.4 Å². The van der Waals surface area contributed by atoms with E-state index in [2.05, 4.69) is 10.3 Å². The number of aryl methyl sites for hydroxylation is 1. The van der Waals surface area contributed by atoms with Gasteiger partial charge in [-0.05, 0) is 54.4 Å². The van der Waals surface area contributed by atoms with Crippen LogP contribution in [-0.4, -0.2) is 33.3 Å². The Balaban J connectivity index is 1.55. The predicted octanol–water partition coefficient (Wildman–Crippen LogP) is 5.57. The average Bonchev–Trinajstić information content (AvgIpc) is 3.34. The van der Waals surface area contributed by atoms with Crippen molar-refractivity contribution < 1.29 is 13.9 Å². The van der Waals surface area contributed by atoms with Crippen LogP contribution in [0.1, 0.15) is 5.56 Å². The Morgan fingerprint density at radius 1 is 1.11 bits per heavy atom. The molecule has 7 nitrogen and oxygen atoms in total. The van der Waals surface area contributed by atoms with E-state index in [0.29, 0.717) is 33.3 Å². The number of nitrogens with one attached hydrogen (secondary N) is 2. The molecule has 0 aliphatic rings. The van der Waals surface area contributed by atoms with Crippen molar-refractivity contribution in [2.75, 3.05) is 18.2 Å². The zero-order valence-corrected chi connectivity index (χ0v) is 20.9. The quantitative estimate of drug-likeness (QED) is 0.219. The van der Waals surface area contributed by atoms with Gasteiger partial charge in [0, 0.05) is 17.4 Å². The minimum absolute atomic E-state index is 0.0326. The number of amides is 1. The summed E-state index contributed by atoms with van der Waals surface area (Å²) in [5.74, 6) is -0.160. The fraction of sp³-hybridized carbons (Fsp3) is 0.107. The lowest BCUT2D eigenvalue weighted by Gasteiger charge is -2.13. The summed E-state index contributed by atoms with van der Waals surface area (Å²) in [4.78, 5) is 34.4. The van der Waals surface area contributed by atoms with E-state index >= 15 is 0 Å². The number of anilines is 1. The van der Waals surface area contributed by atoms with Crippen LogP contribution in [0.15, 0.2) is 88.9 Å². The molecule has 5 rings (SSSR count).